The van der Waals surface area contributed by atoms with Gasteiger partial charge in [-0.15, -0.1) is 23.2 Å². The van der Waals surface area contributed by atoms with Crippen LogP contribution in [-0.4, -0.2) is 42.8 Å². The molecule has 0 spiro atoms. The molecule has 0 aliphatic rings. The van der Waals surface area contributed by atoms with Gasteiger partial charge in [0.25, 0.3) is 0 Å². The van der Waals surface area contributed by atoms with Crippen LogP contribution in [0.15, 0.2) is 0 Å². The Bertz CT molecular complexity index is 191. The third-order valence-electron chi connectivity index (χ3n) is 1.56. The largest absolute Gasteiger partial charge is 0.396 e. The fourth-order valence-electron chi connectivity index (χ4n) is 0.861. The van der Waals surface area contributed by atoms with Crippen molar-refractivity contribution >= 4 is 30.8 Å². The Labute approximate surface area is 100 Å². The molecule has 1 atom stereocenters. The van der Waals surface area contributed by atoms with Crippen molar-refractivity contribution in [3.05, 3.63) is 0 Å². The van der Waals surface area contributed by atoms with E-state index in [1.54, 1.807) is 0 Å². The average molecular weight is 279 g/mol. The standard InChI is InChI=1S/C8H17Cl2O4P/c9-3-7-14-15(12,8-4-10)13-6-2-1-5-11/h11H,1-8H2. The van der Waals surface area contributed by atoms with E-state index in [1.807, 2.05) is 0 Å². The van der Waals surface area contributed by atoms with Crippen LogP contribution in [-0.2, 0) is 13.6 Å². The molecule has 0 aliphatic carbocycles. The molecule has 0 bridgehead atoms. The second-order valence-electron chi connectivity index (χ2n) is 2.81. The molecule has 0 saturated carbocycles. The number of aliphatic hydroxyl groups is 1. The van der Waals surface area contributed by atoms with Crippen LogP contribution in [0.2, 0.25) is 0 Å². The molecule has 15 heavy (non-hydrogen) atoms. The number of alkyl halides is 2. The van der Waals surface area contributed by atoms with Gasteiger partial charge in [-0.3, -0.25) is 4.57 Å². The zero-order chi connectivity index (χ0) is 11.6. The van der Waals surface area contributed by atoms with Crippen molar-refractivity contribution in [2.24, 2.45) is 0 Å². The molecule has 4 nitrogen and oxygen atoms in total. The molecule has 0 saturated heterocycles. The summed E-state index contributed by atoms with van der Waals surface area (Å²) in [5.41, 5.74) is 0. The van der Waals surface area contributed by atoms with E-state index in [4.69, 9.17) is 37.4 Å². The van der Waals surface area contributed by atoms with Gasteiger partial charge in [0, 0.05) is 18.4 Å². The van der Waals surface area contributed by atoms with Crippen molar-refractivity contribution in [1.29, 1.82) is 0 Å². The molecule has 0 amide bonds. The Balaban J connectivity index is 3.84. The lowest BCUT2D eigenvalue weighted by atomic mass is 10.3. The lowest BCUT2D eigenvalue weighted by molar-refractivity contribution is 0.201. The fourth-order valence-corrected chi connectivity index (χ4v) is 2.98. The van der Waals surface area contributed by atoms with E-state index in [0.717, 1.165) is 0 Å². The molecule has 1 N–H and O–H groups in total. The van der Waals surface area contributed by atoms with Crippen LogP contribution >= 0.6 is 30.8 Å². The Kier molecular flexibility index (Phi) is 10.3. The lowest BCUT2D eigenvalue weighted by Gasteiger charge is -2.16. The number of unbranched alkanes of at least 4 members (excludes halogenated alkanes) is 1. The highest BCUT2D eigenvalue weighted by atomic mass is 35.5. The molecule has 1 unspecified atom stereocenters. The molecular weight excluding hydrogens is 262 g/mol. The van der Waals surface area contributed by atoms with E-state index in [1.165, 1.54) is 0 Å². The first kappa shape index (κ1) is 15.7. The smallest absolute Gasteiger partial charge is 0.331 e. The molecule has 0 aromatic heterocycles. The van der Waals surface area contributed by atoms with Gasteiger partial charge >= 0.3 is 7.60 Å². The van der Waals surface area contributed by atoms with Crippen LogP contribution in [0.3, 0.4) is 0 Å². The average Bonchev–Trinajstić information content (AvgIpc) is 2.22. The van der Waals surface area contributed by atoms with Crippen molar-refractivity contribution in [1.82, 2.24) is 0 Å². The van der Waals surface area contributed by atoms with Gasteiger partial charge in [-0.1, -0.05) is 0 Å². The number of hydrogen-bond acceptors (Lipinski definition) is 4. The summed E-state index contributed by atoms with van der Waals surface area (Å²) in [4.78, 5) is 0. The molecule has 0 fully saturated rings. The second-order valence-corrected chi connectivity index (χ2v) is 5.75. The molecule has 0 aromatic rings. The fraction of sp³-hybridized carbons (Fsp3) is 1.00. The number of halogens is 2. The summed E-state index contributed by atoms with van der Waals surface area (Å²) >= 11 is 10.9. The summed E-state index contributed by atoms with van der Waals surface area (Å²) in [5, 5.41) is 8.55. The van der Waals surface area contributed by atoms with Gasteiger partial charge in [0.2, 0.25) is 0 Å². The minimum atomic E-state index is -3.07. The van der Waals surface area contributed by atoms with E-state index in [-0.39, 0.29) is 31.1 Å². The maximum absolute atomic E-state index is 11.9. The van der Waals surface area contributed by atoms with Crippen LogP contribution < -0.4 is 0 Å². The summed E-state index contributed by atoms with van der Waals surface area (Å²) in [7, 11) is -3.07. The predicted molar refractivity (Wildman–Crippen MR) is 62.1 cm³/mol. The van der Waals surface area contributed by atoms with E-state index in [9.17, 15) is 4.57 Å². The quantitative estimate of drug-likeness (QED) is 0.379. The van der Waals surface area contributed by atoms with Crippen LogP contribution in [0.25, 0.3) is 0 Å². The Morgan fingerprint density at radius 2 is 1.73 bits per heavy atom. The van der Waals surface area contributed by atoms with Crippen molar-refractivity contribution in [3.63, 3.8) is 0 Å². The normalized spacial score (nSPS) is 15.1. The Morgan fingerprint density at radius 1 is 1.07 bits per heavy atom. The van der Waals surface area contributed by atoms with Gasteiger partial charge in [-0.25, -0.2) is 0 Å². The number of aliphatic hydroxyl groups excluding tert-OH is 1. The van der Waals surface area contributed by atoms with Crippen molar-refractivity contribution < 1.29 is 18.7 Å². The molecule has 0 heterocycles. The van der Waals surface area contributed by atoms with Gasteiger partial charge in [-0.05, 0) is 12.8 Å². The Morgan fingerprint density at radius 3 is 2.27 bits per heavy atom. The molecular formula is C8H17Cl2O4P. The summed E-state index contributed by atoms with van der Waals surface area (Å²) < 4.78 is 22.1. The summed E-state index contributed by atoms with van der Waals surface area (Å²) in [6.07, 6.45) is 1.45. The first-order chi connectivity index (χ1) is 7.18. The second kappa shape index (κ2) is 9.88. The molecule has 0 radical (unpaired) electrons. The van der Waals surface area contributed by atoms with E-state index < -0.39 is 7.60 Å². The molecule has 7 heteroatoms. The van der Waals surface area contributed by atoms with Crippen molar-refractivity contribution in [2.75, 3.05) is 37.7 Å². The maximum Gasteiger partial charge on any atom is 0.331 e. The maximum atomic E-state index is 11.9. The monoisotopic (exact) mass is 278 g/mol. The topological polar surface area (TPSA) is 55.8 Å². The van der Waals surface area contributed by atoms with Crippen LogP contribution in [0.1, 0.15) is 12.8 Å². The van der Waals surface area contributed by atoms with Crippen LogP contribution in [0.5, 0.6) is 0 Å². The van der Waals surface area contributed by atoms with Crippen LogP contribution in [0, 0.1) is 0 Å². The molecule has 0 aromatic carbocycles. The molecule has 0 aliphatic heterocycles. The highest BCUT2D eigenvalue weighted by Gasteiger charge is 2.23. The van der Waals surface area contributed by atoms with Crippen molar-refractivity contribution in [2.45, 2.75) is 12.8 Å². The van der Waals surface area contributed by atoms with Gasteiger partial charge in [0.1, 0.15) is 0 Å². The van der Waals surface area contributed by atoms with Crippen molar-refractivity contribution in [3.8, 4) is 0 Å². The minimum absolute atomic E-state index is 0.103. The summed E-state index contributed by atoms with van der Waals surface area (Å²) in [6, 6.07) is 0. The number of rotatable bonds is 10. The van der Waals surface area contributed by atoms with Gasteiger partial charge in [-0.2, -0.15) is 0 Å². The zero-order valence-electron chi connectivity index (χ0n) is 8.53. The summed E-state index contributed by atoms with van der Waals surface area (Å²) in [6.45, 7) is 0.596. The Hall–Kier alpha value is 0.690. The SMILES string of the molecule is O=P(CCCl)(OCCCl)OCCCCO. The van der Waals surface area contributed by atoms with E-state index in [2.05, 4.69) is 0 Å². The molecule has 92 valence electrons. The molecule has 0 rings (SSSR count). The first-order valence-corrected chi connectivity index (χ1v) is 7.59. The third kappa shape index (κ3) is 8.49. The highest BCUT2D eigenvalue weighted by molar-refractivity contribution is 7.53. The zero-order valence-corrected chi connectivity index (χ0v) is 10.9. The lowest BCUT2D eigenvalue weighted by Crippen LogP contribution is -2.04. The number of hydrogen-bond donors (Lipinski definition) is 1. The van der Waals surface area contributed by atoms with E-state index in [0.29, 0.717) is 19.4 Å². The first-order valence-electron chi connectivity index (χ1n) is 4.79. The summed E-state index contributed by atoms with van der Waals surface area (Å²) in [5.74, 6) is 0.492. The van der Waals surface area contributed by atoms with Gasteiger partial charge in [0.15, 0.2) is 0 Å². The van der Waals surface area contributed by atoms with Gasteiger partial charge < -0.3 is 14.2 Å². The van der Waals surface area contributed by atoms with E-state index >= 15 is 0 Å². The minimum Gasteiger partial charge on any atom is -0.396 e. The van der Waals surface area contributed by atoms with Gasteiger partial charge in [0.05, 0.1) is 19.4 Å². The van der Waals surface area contributed by atoms with Crippen LogP contribution in [0.4, 0.5) is 0 Å². The third-order valence-corrected chi connectivity index (χ3v) is 4.09. The highest BCUT2D eigenvalue weighted by Crippen LogP contribution is 2.48. The predicted octanol–water partition coefficient (Wildman–Crippen LogP) is 2.46.